The third kappa shape index (κ3) is 2.33. The first-order valence-electron chi connectivity index (χ1n) is 8.29. The second-order valence-corrected chi connectivity index (χ2v) is 7.31. The van der Waals surface area contributed by atoms with Gasteiger partial charge in [0.2, 0.25) is 0 Å². The zero-order chi connectivity index (χ0) is 17.8. The van der Waals surface area contributed by atoms with Crippen molar-refractivity contribution in [2.75, 3.05) is 11.9 Å². The largest absolute Gasteiger partial charge is 0.377 e. The number of pyridine rings is 1. The van der Waals surface area contributed by atoms with Crippen molar-refractivity contribution < 1.29 is 9.66 Å². The topological polar surface area (TPSA) is 101 Å². The molecular formula is C18H18N4O3. The van der Waals surface area contributed by atoms with Crippen molar-refractivity contribution in [3.63, 3.8) is 0 Å². The molecule has 1 saturated heterocycles. The zero-order valence-corrected chi connectivity index (χ0v) is 14.0. The molecule has 1 aromatic carbocycles. The SMILES string of the molecule is CC1(C)[C@H](Nc2cc(C#N)c3cc([N+](=O)[O-])ccc3n2)[C@H]2CCO[C@@H]21. The van der Waals surface area contributed by atoms with Crippen LogP contribution in [-0.4, -0.2) is 28.7 Å². The smallest absolute Gasteiger partial charge is 0.270 e. The molecule has 7 heteroatoms. The summed E-state index contributed by atoms with van der Waals surface area (Å²) < 4.78 is 5.81. The number of ether oxygens (including phenoxy) is 1. The minimum Gasteiger partial charge on any atom is -0.377 e. The molecule has 0 spiro atoms. The lowest BCUT2D eigenvalue weighted by atomic mass is 9.57. The van der Waals surface area contributed by atoms with Gasteiger partial charge in [0.15, 0.2) is 0 Å². The third-order valence-electron chi connectivity index (χ3n) is 5.53. The molecule has 0 unspecified atom stereocenters. The number of benzene rings is 1. The number of nitro benzene ring substituents is 1. The van der Waals surface area contributed by atoms with Crippen LogP contribution in [0.3, 0.4) is 0 Å². The van der Waals surface area contributed by atoms with Gasteiger partial charge in [0.1, 0.15) is 5.82 Å². The summed E-state index contributed by atoms with van der Waals surface area (Å²) in [4.78, 5) is 15.1. The molecule has 128 valence electrons. The highest BCUT2D eigenvalue weighted by atomic mass is 16.6. The molecule has 7 nitrogen and oxygen atoms in total. The first-order valence-corrected chi connectivity index (χ1v) is 8.29. The average molecular weight is 338 g/mol. The minimum absolute atomic E-state index is 0.0000840. The quantitative estimate of drug-likeness (QED) is 0.681. The maximum atomic E-state index is 11.0. The normalized spacial score (nSPS) is 26.5. The Morgan fingerprint density at radius 1 is 1.44 bits per heavy atom. The summed E-state index contributed by atoms with van der Waals surface area (Å²) in [6.45, 7) is 5.13. The van der Waals surface area contributed by atoms with Crippen LogP contribution in [0.25, 0.3) is 10.9 Å². The van der Waals surface area contributed by atoms with Crippen molar-refractivity contribution in [2.45, 2.75) is 32.4 Å². The average Bonchev–Trinajstić information content (AvgIpc) is 3.05. The molecule has 0 amide bonds. The van der Waals surface area contributed by atoms with Crippen molar-refractivity contribution in [2.24, 2.45) is 11.3 Å². The number of anilines is 1. The van der Waals surface area contributed by atoms with Crippen molar-refractivity contribution in [3.8, 4) is 6.07 Å². The maximum Gasteiger partial charge on any atom is 0.270 e. The van der Waals surface area contributed by atoms with Gasteiger partial charge in [0, 0.05) is 41.5 Å². The van der Waals surface area contributed by atoms with E-state index in [1.54, 1.807) is 12.1 Å². The highest BCUT2D eigenvalue weighted by Crippen LogP contribution is 2.53. The molecule has 2 aliphatic rings. The fourth-order valence-electron chi connectivity index (χ4n) is 4.27. The standard InChI is InChI=1S/C18H18N4O3/c1-18(2)16(12-5-6-25-17(12)18)21-15-7-10(9-19)13-8-11(22(23)24)3-4-14(13)20-15/h3-4,7-8,12,16-17H,5-6H2,1-2H3,(H,20,21)/t12-,16-,17+/m1/s1. The molecule has 25 heavy (non-hydrogen) atoms. The molecule has 4 rings (SSSR count). The van der Waals surface area contributed by atoms with Gasteiger partial charge in [-0.1, -0.05) is 13.8 Å². The number of nitrogens with zero attached hydrogens (tertiary/aromatic N) is 3. The highest BCUT2D eigenvalue weighted by molar-refractivity contribution is 5.88. The van der Waals surface area contributed by atoms with E-state index in [0.29, 0.717) is 28.2 Å². The predicted molar refractivity (Wildman–Crippen MR) is 92.2 cm³/mol. The second kappa shape index (κ2) is 5.39. The molecule has 1 saturated carbocycles. The van der Waals surface area contributed by atoms with Crippen molar-refractivity contribution >= 4 is 22.4 Å². The van der Waals surface area contributed by atoms with E-state index >= 15 is 0 Å². The lowest BCUT2D eigenvalue weighted by Gasteiger charge is -2.54. The summed E-state index contributed by atoms with van der Waals surface area (Å²) in [5.74, 6) is 1.08. The number of non-ortho nitro benzene ring substituents is 1. The number of nitriles is 1. The molecule has 0 radical (unpaired) electrons. The van der Waals surface area contributed by atoms with Crippen LogP contribution in [-0.2, 0) is 4.74 Å². The van der Waals surface area contributed by atoms with Crippen LogP contribution in [0.5, 0.6) is 0 Å². The van der Waals surface area contributed by atoms with Gasteiger partial charge in [-0.2, -0.15) is 5.26 Å². The van der Waals surface area contributed by atoms with Crippen LogP contribution in [0.1, 0.15) is 25.8 Å². The summed E-state index contributed by atoms with van der Waals surface area (Å²) in [5, 5.41) is 24.4. The number of fused-ring (bicyclic) bond motifs is 2. The van der Waals surface area contributed by atoms with Gasteiger partial charge in [-0.05, 0) is 18.6 Å². The van der Waals surface area contributed by atoms with Gasteiger partial charge in [0.05, 0.1) is 28.2 Å². The number of nitrogens with one attached hydrogen (secondary N) is 1. The number of nitro groups is 1. The first kappa shape index (κ1) is 15.8. The Morgan fingerprint density at radius 3 is 2.96 bits per heavy atom. The predicted octanol–water partition coefficient (Wildman–Crippen LogP) is 3.24. The molecule has 0 bridgehead atoms. The highest BCUT2D eigenvalue weighted by Gasteiger charge is 2.59. The van der Waals surface area contributed by atoms with Gasteiger partial charge in [-0.15, -0.1) is 0 Å². The summed E-state index contributed by atoms with van der Waals surface area (Å²) >= 11 is 0. The van der Waals surface area contributed by atoms with Crippen molar-refractivity contribution in [1.29, 1.82) is 5.26 Å². The van der Waals surface area contributed by atoms with Gasteiger partial charge < -0.3 is 10.1 Å². The van der Waals surface area contributed by atoms with Gasteiger partial charge in [-0.25, -0.2) is 4.98 Å². The van der Waals surface area contributed by atoms with E-state index in [-0.39, 0.29) is 23.2 Å². The Labute approximate surface area is 144 Å². The number of aromatic nitrogens is 1. The number of rotatable bonds is 3. The van der Waals surface area contributed by atoms with E-state index in [9.17, 15) is 15.4 Å². The Hall–Kier alpha value is -2.72. The Bertz CT molecular complexity index is 918. The van der Waals surface area contributed by atoms with Crippen LogP contribution in [0.4, 0.5) is 11.5 Å². The molecule has 2 aromatic rings. The van der Waals surface area contributed by atoms with Crippen LogP contribution >= 0.6 is 0 Å². The molecule has 1 N–H and O–H groups in total. The Morgan fingerprint density at radius 2 is 2.24 bits per heavy atom. The molecule has 1 aliphatic carbocycles. The first-order chi connectivity index (χ1) is 11.9. The fraction of sp³-hybridized carbons (Fsp3) is 0.444. The van der Waals surface area contributed by atoms with Crippen LogP contribution in [0.2, 0.25) is 0 Å². The summed E-state index contributed by atoms with van der Waals surface area (Å²) in [6, 6.07) is 8.43. The van der Waals surface area contributed by atoms with Crippen LogP contribution in [0.15, 0.2) is 24.3 Å². The van der Waals surface area contributed by atoms with E-state index in [4.69, 9.17) is 4.74 Å². The maximum absolute atomic E-state index is 11.0. The molecule has 1 aliphatic heterocycles. The zero-order valence-electron chi connectivity index (χ0n) is 14.0. The summed E-state index contributed by atoms with van der Waals surface area (Å²) in [6.07, 6.45) is 1.29. The Balaban J connectivity index is 1.70. The van der Waals surface area contributed by atoms with Gasteiger partial charge >= 0.3 is 0 Å². The lowest BCUT2D eigenvalue weighted by molar-refractivity contribution is -0.384. The minimum atomic E-state index is -0.468. The van der Waals surface area contributed by atoms with Crippen LogP contribution in [0, 0.1) is 32.8 Å². The second-order valence-electron chi connectivity index (χ2n) is 7.31. The Kier molecular flexibility index (Phi) is 3.41. The fourth-order valence-corrected chi connectivity index (χ4v) is 4.27. The molecule has 2 fully saturated rings. The van der Waals surface area contributed by atoms with Crippen molar-refractivity contribution in [3.05, 3.63) is 39.9 Å². The van der Waals surface area contributed by atoms with E-state index in [1.165, 1.54) is 12.1 Å². The molecule has 1 aromatic heterocycles. The molecule has 2 heterocycles. The van der Waals surface area contributed by atoms with E-state index < -0.39 is 4.92 Å². The van der Waals surface area contributed by atoms with E-state index in [0.717, 1.165) is 13.0 Å². The molecule has 3 atom stereocenters. The van der Waals surface area contributed by atoms with E-state index in [2.05, 4.69) is 30.2 Å². The third-order valence-corrected chi connectivity index (χ3v) is 5.53. The lowest BCUT2D eigenvalue weighted by Crippen LogP contribution is -2.63. The van der Waals surface area contributed by atoms with Crippen LogP contribution < -0.4 is 5.32 Å². The monoisotopic (exact) mass is 338 g/mol. The van der Waals surface area contributed by atoms with E-state index in [1.807, 2.05) is 0 Å². The summed E-state index contributed by atoms with van der Waals surface area (Å²) in [7, 11) is 0. The number of hydrogen-bond acceptors (Lipinski definition) is 6. The van der Waals surface area contributed by atoms with Crippen molar-refractivity contribution in [1.82, 2.24) is 4.98 Å². The summed E-state index contributed by atoms with van der Waals surface area (Å²) in [5.41, 5.74) is 0.911. The number of hydrogen-bond donors (Lipinski definition) is 1. The van der Waals surface area contributed by atoms with Gasteiger partial charge in [0.25, 0.3) is 5.69 Å². The molecular weight excluding hydrogens is 320 g/mol. The van der Waals surface area contributed by atoms with Gasteiger partial charge in [-0.3, -0.25) is 10.1 Å².